The third kappa shape index (κ3) is 6.52. The fraction of sp³-hybridized carbons (Fsp3) is 0.480. The van der Waals surface area contributed by atoms with Crippen LogP contribution in [-0.2, 0) is 4.79 Å². The lowest BCUT2D eigenvalue weighted by atomic mass is 9.83. The van der Waals surface area contributed by atoms with Crippen LogP contribution in [0, 0.1) is 19.7 Å². The average molecular weight is 547 g/mol. The highest BCUT2D eigenvalue weighted by molar-refractivity contribution is 7.80. The zero-order valence-corrected chi connectivity index (χ0v) is 22.6. The maximum atomic E-state index is 13.6. The van der Waals surface area contributed by atoms with Gasteiger partial charge in [0, 0.05) is 30.2 Å². The van der Waals surface area contributed by atoms with Crippen molar-refractivity contribution in [2.45, 2.75) is 51.5 Å². The normalized spacial score (nSPS) is 18.4. The van der Waals surface area contributed by atoms with Crippen LogP contribution in [0.1, 0.15) is 43.5 Å². The molecule has 0 atom stereocenters. The third-order valence-corrected chi connectivity index (χ3v) is 7.38. The van der Waals surface area contributed by atoms with Crippen molar-refractivity contribution in [1.29, 1.82) is 0 Å². The molecule has 9 nitrogen and oxygen atoms in total. The van der Waals surface area contributed by atoms with E-state index in [0.717, 1.165) is 37.3 Å². The number of primary amides is 1. The number of rotatable bonds is 4. The number of aryl methyl sites for hydroxylation is 2. The van der Waals surface area contributed by atoms with Gasteiger partial charge < -0.3 is 16.0 Å². The first kappa shape index (κ1) is 27.2. The summed E-state index contributed by atoms with van der Waals surface area (Å²) < 4.78 is 13.6. The number of piperidine rings is 2. The van der Waals surface area contributed by atoms with Gasteiger partial charge in [0.2, 0.25) is 22.9 Å². The number of nitrogens with one attached hydrogen (secondary N) is 2. The number of guanidine groups is 1. The number of anilines is 2. The Kier molecular flexibility index (Phi) is 8.56. The Hall–Kier alpha value is -2.89. The number of nitrogens with two attached hydrogens (primary N) is 1. The Morgan fingerprint density at radius 2 is 1.73 bits per heavy atom. The predicted molar refractivity (Wildman–Crippen MR) is 148 cm³/mol. The summed E-state index contributed by atoms with van der Waals surface area (Å²) in [4.78, 5) is 30.5. The van der Waals surface area contributed by atoms with Gasteiger partial charge >= 0.3 is 0 Å². The quantitative estimate of drug-likeness (QED) is 0.301. The van der Waals surface area contributed by atoms with Crippen LogP contribution in [0.15, 0.2) is 29.3 Å². The Labute approximate surface area is 226 Å². The van der Waals surface area contributed by atoms with Gasteiger partial charge in [0.15, 0.2) is 0 Å². The number of nitrogens with zero attached hydrogens (tertiary/aromatic N) is 5. The predicted octanol–water partition coefficient (Wildman–Crippen LogP) is 3.86. The molecular formula is C25H32ClFN8OS. The Morgan fingerprint density at radius 3 is 2.32 bits per heavy atom. The maximum absolute atomic E-state index is 13.6. The molecule has 37 heavy (non-hydrogen) atoms. The molecule has 4 N–H and O–H groups in total. The van der Waals surface area contributed by atoms with Crippen molar-refractivity contribution in [3.05, 3.63) is 46.5 Å². The zero-order chi connectivity index (χ0) is 26.6. The summed E-state index contributed by atoms with van der Waals surface area (Å²) in [6, 6.07) is 6.12. The Bertz CT molecular complexity index is 1170. The van der Waals surface area contributed by atoms with E-state index in [4.69, 9.17) is 29.6 Å². The van der Waals surface area contributed by atoms with Crippen LogP contribution >= 0.6 is 23.8 Å². The number of halogens is 2. The lowest BCUT2D eigenvalue weighted by Crippen LogP contribution is -2.64. The minimum Gasteiger partial charge on any atom is -0.368 e. The van der Waals surface area contributed by atoms with E-state index in [-0.39, 0.29) is 16.0 Å². The van der Waals surface area contributed by atoms with E-state index in [1.54, 1.807) is 0 Å². The van der Waals surface area contributed by atoms with Crippen molar-refractivity contribution in [2.24, 2.45) is 10.7 Å². The van der Waals surface area contributed by atoms with Crippen molar-refractivity contribution in [1.82, 2.24) is 19.8 Å². The van der Waals surface area contributed by atoms with E-state index < -0.39 is 11.4 Å². The summed E-state index contributed by atoms with van der Waals surface area (Å²) in [5, 5.41) is 6.32. The molecule has 2 aromatic rings. The highest BCUT2D eigenvalue weighted by Gasteiger charge is 2.45. The van der Waals surface area contributed by atoms with Crippen LogP contribution in [0.2, 0.25) is 5.02 Å². The minimum atomic E-state index is -0.665. The van der Waals surface area contributed by atoms with Gasteiger partial charge in [-0.15, -0.1) is 0 Å². The highest BCUT2D eigenvalue weighted by Crippen LogP contribution is 2.32. The molecule has 4 rings (SSSR count). The zero-order valence-electron chi connectivity index (χ0n) is 21.1. The van der Waals surface area contributed by atoms with Gasteiger partial charge in [-0.2, -0.15) is 4.99 Å². The topological polar surface area (TPSA) is 112 Å². The van der Waals surface area contributed by atoms with E-state index in [0.29, 0.717) is 43.5 Å². The first-order valence-corrected chi connectivity index (χ1v) is 13.2. The standard InChI is InChI=1S/C25H32ClFN8OS/c1-16-14-17(2)30-22(29-16)32-23(33-24(37)31-18-6-7-20(27)19(26)15-18)34-12-8-25(9-13-34,21(28)36)35-10-4-3-5-11-35/h6-7,14-15H,3-5,8-13H2,1-2H3,(H2,28,36)(H2,29,30,31,32,33,37). The number of hydrogen-bond donors (Lipinski definition) is 3. The first-order chi connectivity index (χ1) is 17.7. The van der Waals surface area contributed by atoms with Crippen LogP contribution in [0.5, 0.6) is 0 Å². The average Bonchev–Trinajstić information content (AvgIpc) is 2.86. The summed E-state index contributed by atoms with van der Waals surface area (Å²) in [5.74, 6) is 0.0542. The van der Waals surface area contributed by atoms with Crippen LogP contribution in [0.3, 0.4) is 0 Å². The van der Waals surface area contributed by atoms with Crippen LogP contribution < -0.4 is 16.4 Å². The number of hydrogen-bond acceptors (Lipinski definition) is 5. The monoisotopic (exact) mass is 546 g/mol. The smallest absolute Gasteiger partial charge is 0.238 e. The number of carbonyl (C=O) groups is 1. The molecular weight excluding hydrogens is 515 g/mol. The second-order valence-electron chi connectivity index (χ2n) is 9.52. The molecule has 1 aromatic heterocycles. The maximum Gasteiger partial charge on any atom is 0.238 e. The molecule has 2 aliphatic rings. The SMILES string of the molecule is Cc1cc(C)nc(N/C(=N/C(=S)Nc2ccc(F)c(Cl)c2)N2CCC(C(N)=O)(N3CCCCC3)CC2)n1. The molecule has 2 saturated heterocycles. The molecule has 1 amide bonds. The lowest BCUT2D eigenvalue weighted by molar-refractivity contribution is -0.134. The summed E-state index contributed by atoms with van der Waals surface area (Å²) >= 11 is 11.4. The van der Waals surface area contributed by atoms with Gasteiger partial charge in [0.05, 0.1) is 5.02 Å². The molecule has 2 fully saturated rings. The van der Waals surface area contributed by atoms with Gasteiger partial charge in [-0.05, 0) is 89.1 Å². The van der Waals surface area contributed by atoms with Crippen molar-refractivity contribution in [3.8, 4) is 0 Å². The lowest BCUT2D eigenvalue weighted by Gasteiger charge is -2.48. The number of thiocarbonyl (C=S) groups is 1. The number of carbonyl (C=O) groups excluding carboxylic acids is 1. The Morgan fingerprint density at radius 1 is 1.08 bits per heavy atom. The van der Waals surface area contributed by atoms with Crippen LogP contribution in [0.4, 0.5) is 16.0 Å². The number of aliphatic imine (C=N–C) groups is 1. The molecule has 0 unspecified atom stereocenters. The molecule has 0 bridgehead atoms. The minimum absolute atomic E-state index is 0.0182. The molecule has 0 aliphatic carbocycles. The molecule has 1 aromatic carbocycles. The highest BCUT2D eigenvalue weighted by atomic mass is 35.5. The first-order valence-electron chi connectivity index (χ1n) is 12.4. The summed E-state index contributed by atoms with van der Waals surface area (Å²) in [5.41, 5.74) is 7.44. The van der Waals surface area contributed by atoms with E-state index >= 15 is 0 Å². The fourth-order valence-corrected chi connectivity index (χ4v) is 5.39. The van der Waals surface area contributed by atoms with E-state index in [2.05, 4.69) is 30.5 Å². The molecule has 0 radical (unpaired) electrons. The fourth-order valence-electron chi connectivity index (χ4n) is 5.01. The van der Waals surface area contributed by atoms with Crippen LogP contribution in [-0.4, -0.2) is 68.5 Å². The summed E-state index contributed by atoms with van der Waals surface area (Å²) in [7, 11) is 0. The van der Waals surface area contributed by atoms with Gasteiger partial charge in [-0.25, -0.2) is 14.4 Å². The summed E-state index contributed by atoms with van der Waals surface area (Å²) in [6.45, 7) is 6.63. The molecule has 0 saturated carbocycles. The second kappa shape index (κ2) is 11.7. The molecule has 12 heteroatoms. The Balaban J connectivity index is 1.57. The van der Waals surface area contributed by atoms with E-state index in [9.17, 15) is 9.18 Å². The molecule has 2 aliphatic heterocycles. The van der Waals surface area contributed by atoms with Gasteiger partial charge in [0.25, 0.3) is 0 Å². The van der Waals surface area contributed by atoms with Gasteiger partial charge in [0.1, 0.15) is 11.4 Å². The molecule has 3 heterocycles. The van der Waals surface area contributed by atoms with Gasteiger partial charge in [-0.3, -0.25) is 15.0 Å². The molecule has 198 valence electrons. The number of amides is 1. The number of benzene rings is 1. The van der Waals surface area contributed by atoms with Crippen molar-refractivity contribution < 1.29 is 9.18 Å². The van der Waals surface area contributed by atoms with Crippen molar-refractivity contribution >= 4 is 52.4 Å². The van der Waals surface area contributed by atoms with E-state index in [1.165, 1.54) is 24.6 Å². The summed E-state index contributed by atoms with van der Waals surface area (Å²) in [6.07, 6.45) is 4.47. The van der Waals surface area contributed by atoms with E-state index in [1.807, 2.05) is 24.8 Å². The van der Waals surface area contributed by atoms with Crippen molar-refractivity contribution in [3.63, 3.8) is 0 Å². The third-order valence-electron chi connectivity index (χ3n) is 6.89. The van der Waals surface area contributed by atoms with Crippen molar-refractivity contribution in [2.75, 3.05) is 36.8 Å². The molecule has 0 spiro atoms. The second-order valence-corrected chi connectivity index (χ2v) is 10.3. The van der Waals surface area contributed by atoms with Crippen LogP contribution in [0.25, 0.3) is 0 Å². The van der Waals surface area contributed by atoms with Gasteiger partial charge in [-0.1, -0.05) is 18.0 Å². The largest absolute Gasteiger partial charge is 0.368 e. The number of likely N-dealkylation sites (tertiary alicyclic amines) is 2. The number of aromatic nitrogens is 2.